The number of aldehydes is 1. The van der Waals surface area contributed by atoms with Crippen molar-refractivity contribution in [1.29, 1.82) is 0 Å². The first kappa shape index (κ1) is 15.7. The number of anilines is 1. The molecule has 4 nitrogen and oxygen atoms in total. The van der Waals surface area contributed by atoms with Crippen molar-refractivity contribution in [2.75, 3.05) is 5.32 Å². The molecule has 0 saturated carbocycles. The number of benzene rings is 1. The highest BCUT2D eigenvalue weighted by atomic mass is 79.9. The lowest BCUT2D eigenvalue weighted by Crippen LogP contribution is -2.27. The van der Waals surface area contributed by atoms with Crippen LogP contribution in [0.15, 0.2) is 22.7 Å². The molecule has 0 aromatic heterocycles. The third-order valence-electron chi connectivity index (χ3n) is 2.24. The van der Waals surface area contributed by atoms with E-state index in [1.54, 1.807) is 26.8 Å². The second-order valence-electron chi connectivity index (χ2n) is 5.13. The Morgan fingerprint density at radius 2 is 2.11 bits per heavy atom. The quantitative estimate of drug-likeness (QED) is 0.852. The summed E-state index contributed by atoms with van der Waals surface area (Å²) in [5.41, 5.74) is 1.02. The molecule has 0 fully saturated rings. The van der Waals surface area contributed by atoms with E-state index in [1.165, 1.54) is 0 Å². The van der Waals surface area contributed by atoms with Crippen LogP contribution in [0.1, 0.15) is 32.8 Å². The molecule has 0 radical (unpaired) electrons. The highest BCUT2D eigenvalue weighted by molar-refractivity contribution is 9.10. The fourth-order valence-corrected chi connectivity index (χ4v) is 1.87. The van der Waals surface area contributed by atoms with E-state index in [1.807, 2.05) is 12.1 Å². The molecule has 0 aliphatic heterocycles. The summed E-state index contributed by atoms with van der Waals surface area (Å²) in [7, 11) is 0. The zero-order chi connectivity index (χ0) is 14.5. The Balaban J connectivity index is 2.83. The Hall–Kier alpha value is -1.36. The van der Waals surface area contributed by atoms with Gasteiger partial charge >= 0.3 is 6.09 Å². The van der Waals surface area contributed by atoms with Gasteiger partial charge in [-0.2, -0.15) is 0 Å². The molecule has 0 aliphatic rings. The molecule has 104 valence electrons. The minimum Gasteiger partial charge on any atom is -0.444 e. The van der Waals surface area contributed by atoms with E-state index in [4.69, 9.17) is 4.74 Å². The standard InChI is InChI=1S/C14H18BrNO3/c1-14(2,3)19-13(18)16-12-9-11(15)7-6-10(12)5-4-8-17/h6-9H,4-5H2,1-3H3,(H,16,18). The number of carbonyl (C=O) groups is 2. The van der Waals surface area contributed by atoms with Crippen molar-refractivity contribution in [3.05, 3.63) is 28.2 Å². The molecule has 0 atom stereocenters. The number of hydrogen-bond donors (Lipinski definition) is 1. The molecule has 19 heavy (non-hydrogen) atoms. The summed E-state index contributed by atoms with van der Waals surface area (Å²) in [6, 6.07) is 5.55. The van der Waals surface area contributed by atoms with Crippen LogP contribution in [0.25, 0.3) is 0 Å². The van der Waals surface area contributed by atoms with Crippen LogP contribution in [-0.2, 0) is 16.0 Å². The van der Waals surface area contributed by atoms with Gasteiger partial charge in [0, 0.05) is 16.6 Å². The third kappa shape index (κ3) is 5.87. The van der Waals surface area contributed by atoms with Crippen molar-refractivity contribution in [3.63, 3.8) is 0 Å². The van der Waals surface area contributed by atoms with Crippen molar-refractivity contribution >= 4 is 34.0 Å². The topological polar surface area (TPSA) is 55.4 Å². The van der Waals surface area contributed by atoms with Crippen LogP contribution in [0.3, 0.4) is 0 Å². The SMILES string of the molecule is CC(C)(C)OC(=O)Nc1cc(Br)ccc1CCC=O. The number of hydrogen-bond acceptors (Lipinski definition) is 3. The second-order valence-corrected chi connectivity index (χ2v) is 6.05. The van der Waals surface area contributed by atoms with Gasteiger partial charge in [-0.1, -0.05) is 22.0 Å². The first-order chi connectivity index (χ1) is 8.81. The molecule has 0 spiro atoms. The van der Waals surface area contributed by atoms with Gasteiger partial charge in [-0.3, -0.25) is 5.32 Å². The number of carbonyl (C=O) groups excluding carboxylic acids is 2. The van der Waals surface area contributed by atoms with Gasteiger partial charge in [-0.05, 0) is 44.9 Å². The first-order valence-electron chi connectivity index (χ1n) is 6.04. The maximum Gasteiger partial charge on any atom is 0.412 e. The summed E-state index contributed by atoms with van der Waals surface area (Å²) in [6.07, 6.45) is 1.37. The molecule has 1 rings (SSSR count). The number of ether oxygens (including phenoxy) is 1. The normalized spacial score (nSPS) is 10.9. The van der Waals surface area contributed by atoms with E-state index in [2.05, 4.69) is 21.2 Å². The Labute approximate surface area is 121 Å². The van der Waals surface area contributed by atoms with E-state index < -0.39 is 11.7 Å². The minimum atomic E-state index is -0.543. The van der Waals surface area contributed by atoms with Gasteiger partial charge in [0.2, 0.25) is 0 Å². The summed E-state index contributed by atoms with van der Waals surface area (Å²) in [5.74, 6) is 0. The highest BCUT2D eigenvalue weighted by Crippen LogP contribution is 2.23. The molecule has 1 amide bonds. The van der Waals surface area contributed by atoms with Crippen LogP contribution in [0.2, 0.25) is 0 Å². The summed E-state index contributed by atoms with van der Waals surface area (Å²) in [6.45, 7) is 5.42. The average Bonchev–Trinajstić information content (AvgIpc) is 2.25. The van der Waals surface area contributed by atoms with E-state index in [9.17, 15) is 9.59 Å². The van der Waals surface area contributed by atoms with Gasteiger partial charge in [0.05, 0.1) is 0 Å². The lowest BCUT2D eigenvalue weighted by Gasteiger charge is -2.20. The molecule has 0 aliphatic carbocycles. The van der Waals surface area contributed by atoms with Crippen molar-refractivity contribution in [2.24, 2.45) is 0 Å². The molecule has 0 saturated heterocycles. The molecule has 1 aromatic carbocycles. The number of nitrogens with one attached hydrogen (secondary N) is 1. The molecule has 0 bridgehead atoms. The molecular weight excluding hydrogens is 310 g/mol. The van der Waals surface area contributed by atoms with Crippen molar-refractivity contribution in [3.8, 4) is 0 Å². The molecule has 5 heteroatoms. The number of rotatable bonds is 4. The van der Waals surface area contributed by atoms with E-state index >= 15 is 0 Å². The fourth-order valence-electron chi connectivity index (χ4n) is 1.51. The lowest BCUT2D eigenvalue weighted by molar-refractivity contribution is -0.107. The van der Waals surface area contributed by atoms with Crippen molar-refractivity contribution in [2.45, 2.75) is 39.2 Å². The van der Waals surface area contributed by atoms with Gasteiger partial charge < -0.3 is 9.53 Å². The van der Waals surface area contributed by atoms with Gasteiger partial charge in [0.15, 0.2) is 0 Å². The Morgan fingerprint density at radius 1 is 1.42 bits per heavy atom. The summed E-state index contributed by atoms with van der Waals surface area (Å²) in [4.78, 5) is 22.2. The van der Waals surface area contributed by atoms with Crippen molar-refractivity contribution < 1.29 is 14.3 Å². The number of amides is 1. The zero-order valence-corrected chi connectivity index (χ0v) is 12.9. The van der Waals surface area contributed by atoms with E-state index in [0.29, 0.717) is 18.5 Å². The minimum absolute atomic E-state index is 0.421. The molecule has 1 aromatic rings. The second kappa shape index (κ2) is 6.70. The predicted molar refractivity (Wildman–Crippen MR) is 78.4 cm³/mol. The number of aryl methyl sites for hydroxylation is 1. The fraction of sp³-hybridized carbons (Fsp3) is 0.429. The van der Waals surface area contributed by atoms with Crippen molar-refractivity contribution in [1.82, 2.24) is 0 Å². The van der Waals surface area contributed by atoms with Gasteiger partial charge in [-0.15, -0.1) is 0 Å². The van der Waals surface area contributed by atoms with Gasteiger partial charge in [0.25, 0.3) is 0 Å². The van der Waals surface area contributed by atoms with Crippen LogP contribution >= 0.6 is 15.9 Å². The lowest BCUT2D eigenvalue weighted by atomic mass is 10.1. The Kier molecular flexibility index (Phi) is 5.54. The predicted octanol–water partition coefficient (Wildman–Crippen LogP) is 3.93. The number of halogens is 1. The first-order valence-corrected chi connectivity index (χ1v) is 6.83. The largest absolute Gasteiger partial charge is 0.444 e. The molecule has 0 unspecified atom stereocenters. The third-order valence-corrected chi connectivity index (χ3v) is 2.73. The molecule has 1 N–H and O–H groups in total. The van der Waals surface area contributed by atoms with Crippen LogP contribution in [-0.4, -0.2) is 18.0 Å². The summed E-state index contributed by atoms with van der Waals surface area (Å²) >= 11 is 3.35. The molecular formula is C14H18BrNO3. The van der Waals surface area contributed by atoms with Crippen LogP contribution in [0.5, 0.6) is 0 Å². The summed E-state index contributed by atoms with van der Waals surface area (Å²) in [5, 5.41) is 2.71. The molecule has 0 heterocycles. The van der Waals surface area contributed by atoms with Crippen LogP contribution in [0, 0.1) is 0 Å². The monoisotopic (exact) mass is 327 g/mol. The summed E-state index contributed by atoms with van der Waals surface area (Å²) < 4.78 is 6.06. The van der Waals surface area contributed by atoms with Crippen LogP contribution < -0.4 is 5.32 Å². The van der Waals surface area contributed by atoms with Gasteiger partial charge in [-0.25, -0.2) is 4.79 Å². The maximum atomic E-state index is 11.7. The average molecular weight is 328 g/mol. The van der Waals surface area contributed by atoms with Gasteiger partial charge in [0.1, 0.15) is 11.9 Å². The highest BCUT2D eigenvalue weighted by Gasteiger charge is 2.17. The van der Waals surface area contributed by atoms with E-state index in [0.717, 1.165) is 16.3 Å². The van der Waals surface area contributed by atoms with Crippen LogP contribution in [0.4, 0.5) is 10.5 Å². The zero-order valence-electron chi connectivity index (χ0n) is 11.3. The van der Waals surface area contributed by atoms with E-state index in [-0.39, 0.29) is 0 Å². The maximum absolute atomic E-state index is 11.7. The smallest absolute Gasteiger partial charge is 0.412 e. The Bertz CT molecular complexity index is 466. The Morgan fingerprint density at radius 3 is 2.68 bits per heavy atom.